The number of aromatic amines is 1. The fourth-order valence-electron chi connectivity index (χ4n) is 1.78. The van der Waals surface area contributed by atoms with Crippen LogP contribution < -0.4 is 5.56 Å². The SMILES string of the molecule is CC(=O)c1ccc2c(c1)c(=O)[nH]n2C(C)C. The van der Waals surface area contributed by atoms with Gasteiger partial charge in [0.15, 0.2) is 5.78 Å². The highest BCUT2D eigenvalue weighted by Gasteiger charge is 2.10. The zero-order valence-electron chi connectivity index (χ0n) is 9.57. The lowest BCUT2D eigenvalue weighted by molar-refractivity contribution is 0.101. The highest BCUT2D eigenvalue weighted by atomic mass is 16.1. The van der Waals surface area contributed by atoms with Crippen LogP contribution in [0.1, 0.15) is 37.2 Å². The number of rotatable bonds is 2. The molecule has 1 heterocycles. The standard InChI is InChI=1S/C12H14N2O2/c1-7(2)14-11-5-4-9(8(3)15)6-10(11)12(16)13-14/h4-7H,1-3H3,(H,13,16). The Labute approximate surface area is 92.9 Å². The largest absolute Gasteiger partial charge is 0.295 e. The van der Waals surface area contributed by atoms with Crippen LogP contribution in [0.25, 0.3) is 10.9 Å². The smallest absolute Gasteiger partial charge is 0.272 e. The lowest BCUT2D eigenvalue weighted by Gasteiger charge is -2.07. The van der Waals surface area contributed by atoms with Crippen LogP contribution in [-0.4, -0.2) is 15.6 Å². The molecule has 16 heavy (non-hydrogen) atoms. The minimum absolute atomic E-state index is 0.0291. The minimum Gasteiger partial charge on any atom is -0.295 e. The van der Waals surface area contributed by atoms with Gasteiger partial charge in [-0.3, -0.25) is 19.4 Å². The number of fused-ring (bicyclic) bond motifs is 1. The van der Waals surface area contributed by atoms with Gasteiger partial charge in [0.05, 0.1) is 10.9 Å². The van der Waals surface area contributed by atoms with Crippen molar-refractivity contribution < 1.29 is 4.79 Å². The molecule has 4 nitrogen and oxygen atoms in total. The third kappa shape index (κ3) is 1.56. The molecule has 0 bridgehead atoms. The maximum Gasteiger partial charge on any atom is 0.272 e. The van der Waals surface area contributed by atoms with Crippen molar-refractivity contribution in [1.82, 2.24) is 9.78 Å². The van der Waals surface area contributed by atoms with Crippen molar-refractivity contribution in [2.24, 2.45) is 0 Å². The van der Waals surface area contributed by atoms with E-state index in [1.54, 1.807) is 12.1 Å². The third-order valence-corrected chi connectivity index (χ3v) is 2.65. The molecular weight excluding hydrogens is 204 g/mol. The number of benzene rings is 1. The molecule has 0 aliphatic rings. The first-order chi connectivity index (χ1) is 7.50. The molecule has 4 heteroatoms. The summed E-state index contributed by atoms with van der Waals surface area (Å²) in [5.74, 6) is -0.0291. The van der Waals surface area contributed by atoms with Gasteiger partial charge in [-0.25, -0.2) is 0 Å². The lowest BCUT2D eigenvalue weighted by atomic mass is 10.1. The summed E-state index contributed by atoms with van der Waals surface area (Å²) in [6.07, 6.45) is 0. The fraction of sp³-hybridized carbons (Fsp3) is 0.333. The average molecular weight is 218 g/mol. The second kappa shape index (κ2) is 3.63. The van der Waals surface area contributed by atoms with Crippen molar-refractivity contribution in [1.29, 1.82) is 0 Å². The number of Topliss-reactive ketones (excluding diaryl/α,β-unsaturated/α-hetero) is 1. The number of ketones is 1. The number of nitrogens with one attached hydrogen (secondary N) is 1. The number of nitrogens with zero attached hydrogens (tertiary/aromatic N) is 1. The highest BCUT2D eigenvalue weighted by molar-refractivity contribution is 5.97. The average Bonchev–Trinajstić information content (AvgIpc) is 2.56. The summed E-state index contributed by atoms with van der Waals surface area (Å²) < 4.78 is 1.81. The van der Waals surface area contributed by atoms with Gasteiger partial charge in [-0.1, -0.05) is 0 Å². The normalized spacial score (nSPS) is 11.2. The summed E-state index contributed by atoms with van der Waals surface area (Å²) in [4.78, 5) is 22.9. The molecule has 0 spiro atoms. The van der Waals surface area contributed by atoms with Gasteiger partial charge in [0.25, 0.3) is 5.56 Å². The zero-order chi connectivity index (χ0) is 11.9. The van der Waals surface area contributed by atoms with Crippen LogP contribution in [0.5, 0.6) is 0 Å². The Morgan fingerprint density at radius 1 is 1.38 bits per heavy atom. The Morgan fingerprint density at radius 2 is 2.06 bits per heavy atom. The van der Waals surface area contributed by atoms with E-state index < -0.39 is 0 Å². The Hall–Kier alpha value is -1.84. The molecule has 1 N–H and O–H groups in total. The van der Waals surface area contributed by atoms with Crippen molar-refractivity contribution in [2.75, 3.05) is 0 Å². The van der Waals surface area contributed by atoms with E-state index in [-0.39, 0.29) is 17.4 Å². The summed E-state index contributed by atoms with van der Waals surface area (Å²) in [5.41, 5.74) is 1.26. The van der Waals surface area contributed by atoms with Gasteiger partial charge in [-0.2, -0.15) is 0 Å². The second-order valence-corrected chi connectivity index (χ2v) is 4.19. The molecule has 1 aromatic carbocycles. The van der Waals surface area contributed by atoms with Crippen LogP contribution in [0, 0.1) is 0 Å². The molecule has 0 atom stereocenters. The van der Waals surface area contributed by atoms with Gasteiger partial charge in [-0.05, 0) is 39.0 Å². The van der Waals surface area contributed by atoms with Crippen LogP contribution in [0.15, 0.2) is 23.0 Å². The summed E-state index contributed by atoms with van der Waals surface area (Å²) in [5, 5.41) is 3.34. The van der Waals surface area contributed by atoms with E-state index >= 15 is 0 Å². The van der Waals surface area contributed by atoms with Crippen molar-refractivity contribution in [3.63, 3.8) is 0 Å². The van der Waals surface area contributed by atoms with Crippen LogP contribution >= 0.6 is 0 Å². The predicted octanol–water partition coefficient (Wildman–Crippen LogP) is 2.11. The summed E-state index contributed by atoms with van der Waals surface area (Å²) in [7, 11) is 0. The quantitative estimate of drug-likeness (QED) is 0.785. The first-order valence-corrected chi connectivity index (χ1v) is 5.26. The summed E-state index contributed by atoms with van der Waals surface area (Å²) >= 11 is 0. The molecular formula is C12H14N2O2. The molecule has 2 aromatic rings. The van der Waals surface area contributed by atoms with E-state index in [0.29, 0.717) is 10.9 Å². The molecule has 0 aliphatic heterocycles. The first kappa shape index (κ1) is 10.7. The lowest BCUT2D eigenvalue weighted by Crippen LogP contribution is -2.07. The molecule has 0 amide bonds. The topological polar surface area (TPSA) is 54.9 Å². The third-order valence-electron chi connectivity index (χ3n) is 2.65. The number of hydrogen-bond acceptors (Lipinski definition) is 2. The maximum atomic E-state index is 11.7. The van der Waals surface area contributed by atoms with E-state index in [9.17, 15) is 9.59 Å². The highest BCUT2D eigenvalue weighted by Crippen LogP contribution is 2.16. The molecule has 0 aliphatic carbocycles. The number of H-pyrrole nitrogens is 1. The van der Waals surface area contributed by atoms with E-state index in [1.165, 1.54) is 6.92 Å². The van der Waals surface area contributed by atoms with E-state index in [4.69, 9.17) is 0 Å². The second-order valence-electron chi connectivity index (χ2n) is 4.19. The van der Waals surface area contributed by atoms with Crippen LogP contribution in [0.3, 0.4) is 0 Å². The number of carbonyl (C=O) groups excluding carboxylic acids is 1. The molecule has 0 radical (unpaired) electrons. The van der Waals surface area contributed by atoms with Gasteiger partial charge in [0, 0.05) is 11.6 Å². The Balaban J connectivity index is 2.76. The number of hydrogen-bond donors (Lipinski definition) is 1. The van der Waals surface area contributed by atoms with E-state index in [0.717, 1.165) is 5.52 Å². The van der Waals surface area contributed by atoms with Crippen molar-refractivity contribution in [2.45, 2.75) is 26.8 Å². The Kier molecular flexibility index (Phi) is 2.42. The number of carbonyl (C=O) groups is 1. The van der Waals surface area contributed by atoms with Crippen LogP contribution in [-0.2, 0) is 0 Å². The zero-order valence-corrected chi connectivity index (χ0v) is 9.57. The van der Waals surface area contributed by atoms with E-state index in [2.05, 4.69) is 5.10 Å². The predicted molar refractivity (Wildman–Crippen MR) is 62.9 cm³/mol. The first-order valence-electron chi connectivity index (χ1n) is 5.26. The Morgan fingerprint density at radius 3 is 2.62 bits per heavy atom. The van der Waals surface area contributed by atoms with Gasteiger partial charge < -0.3 is 0 Å². The van der Waals surface area contributed by atoms with Crippen LogP contribution in [0.4, 0.5) is 0 Å². The van der Waals surface area contributed by atoms with Crippen molar-refractivity contribution in [3.05, 3.63) is 34.1 Å². The fourth-order valence-corrected chi connectivity index (χ4v) is 1.78. The van der Waals surface area contributed by atoms with Gasteiger partial charge in [0.1, 0.15) is 0 Å². The van der Waals surface area contributed by atoms with Gasteiger partial charge >= 0.3 is 0 Å². The molecule has 0 saturated heterocycles. The number of aromatic nitrogens is 2. The molecule has 1 aromatic heterocycles. The maximum absolute atomic E-state index is 11.7. The molecule has 0 fully saturated rings. The molecule has 0 saturated carbocycles. The summed E-state index contributed by atoms with van der Waals surface area (Å²) in [6, 6.07) is 5.39. The minimum atomic E-state index is -0.146. The summed E-state index contributed by atoms with van der Waals surface area (Å²) in [6.45, 7) is 5.48. The van der Waals surface area contributed by atoms with Gasteiger partial charge in [-0.15, -0.1) is 0 Å². The van der Waals surface area contributed by atoms with Crippen LogP contribution in [0.2, 0.25) is 0 Å². The molecule has 84 valence electrons. The van der Waals surface area contributed by atoms with Crippen molar-refractivity contribution >= 4 is 16.7 Å². The Bertz CT molecular complexity index is 605. The van der Waals surface area contributed by atoms with E-state index in [1.807, 2.05) is 24.6 Å². The van der Waals surface area contributed by atoms with Crippen molar-refractivity contribution in [3.8, 4) is 0 Å². The van der Waals surface area contributed by atoms with Gasteiger partial charge in [0.2, 0.25) is 0 Å². The molecule has 2 rings (SSSR count). The monoisotopic (exact) mass is 218 g/mol. The molecule has 0 unspecified atom stereocenters.